The van der Waals surface area contributed by atoms with Crippen LogP contribution in [0, 0.1) is 12.8 Å². The molecule has 3 aromatic rings. The third-order valence-electron chi connectivity index (χ3n) is 4.56. The fraction of sp³-hybridized carbons (Fsp3) is 0.368. The average molecular weight is 351 g/mol. The van der Waals surface area contributed by atoms with Crippen molar-refractivity contribution in [3.8, 4) is 17.3 Å². The molecule has 0 bridgehead atoms. The first-order chi connectivity index (χ1) is 12.8. The molecule has 0 unspecified atom stereocenters. The summed E-state index contributed by atoms with van der Waals surface area (Å²) in [7, 11) is 0. The lowest BCUT2D eigenvalue weighted by molar-refractivity contribution is 0.216. The number of pyridine rings is 2. The Bertz CT molecular complexity index is 844. The normalized spacial score (nSPS) is 15.2. The van der Waals surface area contributed by atoms with Gasteiger partial charge in [-0.15, -0.1) is 0 Å². The summed E-state index contributed by atoms with van der Waals surface area (Å²) in [5.74, 6) is 3.34. The van der Waals surface area contributed by atoms with Gasteiger partial charge >= 0.3 is 0 Å². The lowest BCUT2D eigenvalue weighted by Gasteiger charge is -2.32. The Labute approximate surface area is 152 Å². The van der Waals surface area contributed by atoms with E-state index in [1.165, 1.54) is 0 Å². The molecule has 0 aromatic carbocycles. The lowest BCUT2D eigenvalue weighted by atomic mass is 9.98. The van der Waals surface area contributed by atoms with Gasteiger partial charge in [0.25, 0.3) is 5.89 Å². The Morgan fingerprint density at radius 3 is 2.77 bits per heavy atom. The molecule has 26 heavy (non-hydrogen) atoms. The van der Waals surface area contributed by atoms with Crippen LogP contribution in [0.5, 0.6) is 5.88 Å². The fourth-order valence-electron chi connectivity index (χ4n) is 3.10. The lowest BCUT2D eigenvalue weighted by Crippen LogP contribution is -2.36. The summed E-state index contributed by atoms with van der Waals surface area (Å²) in [5, 5.41) is 3.85. The van der Waals surface area contributed by atoms with Crippen molar-refractivity contribution < 1.29 is 9.26 Å². The number of aromatic nitrogens is 4. The summed E-state index contributed by atoms with van der Waals surface area (Å²) in [6, 6.07) is 9.63. The molecule has 3 aromatic heterocycles. The van der Waals surface area contributed by atoms with E-state index in [1.807, 2.05) is 37.3 Å². The fourth-order valence-corrected chi connectivity index (χ4v) is 3.10. The Morgan fingerprint density at radius 2 is 2.04 bits per heavy atom. The van der Waals surface area contributed by atoms with Crippen LogP contribution in [0.15, 0.2) is 47.2 Å². The highest BCUT2D eigenvalue weighted by atomic mass is 16.5. The highest BCUT2D eigenvalue weighted by Gasteiger charge is 2.21. The number of rotatable bonds is 5. The van der Waals surface area contributed by atoms with E-state index in [0.29, 0.717) is 30.1 Å². The molecule has 0 amide bonds. The summed E-state index contributed by atoms with van der Waals surface area (Å²) in [4.78, 5) is 15.3. The van der Waals surface area contributed by atoms with Crippen LogP contribution in [0.4, 0.5) is 5.82 Å². The second-order valence-corrected chi connectivity index (χ2v) is 6.46. The molecule has 1 saturated heterocycles. The van der Waals surface area contributed by atoms with Crippen molar-refractivity contribution in [1.29, 1.82) is 0 Å². The molecule has 0 N–H and O–H groups in total. The number of ether oxygens (including phenoxy) is 1. The van der Waals surface area contributed by atoms with Crippen molar-refractivity contribution in [2.24, 2.45) is 5.92 Å². The third kappa shape index (κ3) is 3.82. The summed E-state index contributed by atoms with van der Waals surface area (Å²) in [6.07, 6.45) is 5.68. The minimum Gasteiger partial charge on any atom is -0.477 e. The molecular weight excluding hydrogens is 330 g/mol. The summed E-state index contributed by atoms with van der Waals surface area (Å²) in [6.45, 7) is 4.43. The van der Waals surface area contributed by atoms with Crippen LogP contribution in [0.1, 0.15) is 18.7 Å². The largest absolute Gasteiger partial charge is 0.477 e. The molecule has 0 spiro atoms. The Kier molecular flexibility index (Phi) is 4.77. The zero-order valence-corrected chi connectivity index (χ0v) is 14.7. The zero-order chi connectivity index (χ0) is 17.8. The molecule has 7 heteroatoms. The van der Waals surface area contributed by atoms with Crippen LogP contribution in [0.2, 0.25) is 0 Å². The van der Waals surface area contributed by atoms with E-state index in [-0.39, 0.29) is 0 Å². The molecule has 0 radical (unpaired) electrons. The number of piperidine rings is 1. The van der Waals surface area contributed by atoms with Crippen molar-refractivity contribution in [1.82, 2.24) is 20.1 Å². The van der Waals surface area contributed by atoms with Gasteiger partial charge in [-0.2, -0.15) is 4.98 Å². The van der Waals surface area contributed by atoms with Crippen LogP contribution in [0.25, 0.3) is 11.5 Å². The molecule has 0 saturated carbocycles. The van der Waals surface area contributed by atoms with Gasteiger partial charge in [0.2, 0.25) is 5.88 Å². The van der Waals surface area contributed by atoms with Gasteiger partial charge in [-0.05, 0) is 43.9 Å². The first-order valence-electron chi connectivity index (χ1n) is 8.83. The zero-order valence-electron chi connectivity index (χ0n) is 14.7. The highest BCUT2D eigenvalue weighted by Crippen LogP contribution is 2.26. The number of aryl methyl sites for hydroxylation is 1. The Hall–Kier alpha value is -2.96. The SMILES string of the molecule is Cc1noc(-c2ccnc(N3CCC(COc4ccccn4)CC3)c2)n1. The van der Waals surface area contributed by atoms with Gasteiger partial charge in [-0.1, -0.05) is 11.2 Å². The first-order valence-corrected chi connectivity index (χ1v) is 8.83. The van der Waals surface area contributed by atoms with Gasteiger partial charge in [0.05, 0.1) is 6.61 Å². The van der Waals surface area contributed by atoms with Crippen LogP contribution >= 0.6 is 0 Å². The molecule has 134 valence electrons. The van der Waals surface area contributed by atoms with E-state index in [1.54, 1.807) is 12.4 Å². The van der Waals surface area contributed by atoms with Gasteiger partial charge < -0.3 is 14.2 Å². The molecule has 4 heterocycles. The van der Waals surface area contributed by atoms with Gasteiger partial charge in [-0.25, -0.2) is 9.97 Å². The van der Waals surface area contributed by atoms with E-state index in [0.717, 1.165) is 37.3 Å². The van der Waals surface area contributed by atoms with Crippen LogP contribution < -0.4 is 9.64 Å². The predicted molar refractivity (Wildman–Crippen MR) is 96.9 cm³/mol. The molecule has 4 rings (SSSR count). The van der Waals surface area contributed by atoms with Crippen LogP contribution in [-0.2, 0) is 0 Å². The van der Waals surface area contributed by atoms with Gasteiger partial charge in [-0.3, -0.25) is 0 Å². The molecular formula is C19H21N5O2. The van der Waals surface area contributed by atoms with Gasteiger partial charge in [0.15, 0.2) is 5.82 Å². The topological polar surface area (TPSA) is 77.2 Å². The standard InChI is InChI=1S/C19H21N5O2/c1-14-22-19(26-23-14)16-5-9-20-17(12-16)24-10-6-15(7-11-24)13-25-18-4-2-3-8-21-18/h2-5,8-9,12,15H,6-7,10-11,13H2,1H3. The number of anilines is 1. The number of hydrogen-bond acceptors (Lipinski definition) is 7. The monoisotopic (exact) mass is 351 g/mol. The maximum absolute atomic E-state index is 5.79. The van der Waals surface area contributed by atoms with E-state index in [4.69, 9.17) is 9.26 Å². The third-order valence-corrected chi connectivity index (χ3v) is 4.56. The van der Waals surface area contributed by atoms with Crippen molar-refractivity contribution >= 4 is 5.82 Å². The minimum absolute atomic E-state index is 0.532. The van der Waals surface area contributed by atoms with Crippen molar-refractivity contribution in [3.63, 3.8) is 0 Å². The summed E-state index contributed by atoms with van der Waals surface area (Å²) >= 11 is 0. The maximum Gasteiger partial charge on any atom is 0.258 e. The molecule has 0 aliphatic carbocycles. The maximum atomic E-state index is 5.79. The molecule has 1 aliphatic heterocycles. The predicted octanol–water partition coefficient (Wildman–Crippen LogP) is 3.13. The number of nitrogens with zero attached hydrogens (tertiary/aromatic N) is 5. The van der Waals surface area contributed by atoms with E-state index in [9.17, 15) is 0 Å². The van der Waals surface area contributed by atoms with Crippen LogP contribution in [-0.4, -0.2) is 39.8 Å². The summed E-state index contributed by atoms with van der Waals surface area (Å²) < 4.78 is 11.0. The summed E-state index contributed by atoms with van der Waals surface area (Å²) in [5.41, 5.74) is 0.899. The van der Waals surface area contributed by atoms with E-state index < -0.39 is 0 Å². The second-order valence-electron chi connectivity index (χ2n) is 6.46. The van der Waals surface area contributed by atoms with E-state index in [2.05, 4.69) is 25.0 Å². The number of hydrogen-bond donors (Lipinski definition) is 0. The Balaban J connectivity index is 1.34. The average Bonchev–Trinajstić information content (AvgIpc) is 3.14. The first kappa shape index (κ1) is 16.5. The van der Waals surface area contributed by atoms with Crippen molar-refractivity contribution in [3.05, 3.63) is 48.5 Å². The quantitative estimate of drug-likeness (QED) is 0.699. The van der Waals surface area contributed by atoms with Gasteiger partial charge in [0.1, 0.15) is 5.82 Å². The van der Waals surface area contributed by atoms with Crippen LogP contribution in [0.3, 0.4) is 0 Å². The van der Waals surface area contributed by atoms with Gasteiger partial charge in [0, 0.05) is 37.1 Å². The molecule has 1 fully saturated rings. The molecule has 1 aliphatic rings. The molecule has 0 atom stereocenters. The van der Waals surface area contributed by atoms with Crippen molar-refractivity contribution in [2.75, 3.05) is 24.6 Å². The second kappa shape index (κ2) is 7.51. The Morgan fingerprint density at radius 1 is 1.15 bits per heavy atom. The van der Waals surface area contributed by atoms with Crippen molar-refractivity contribution in [2.45, 2.75) is 19.8 Å². The highest BCUT2D eigenvalue weighted by molar-refractivity contribution is 5.58. The smallest absolute Gasteiger partial charge is 0.258 e. The van der Waals surface area contributed by atoms with E-state index >= 15 is 0 Å². The molecule has 7 nitrogen and oxygen atoms in total. The minimum atomic E-state index is 0.532.